The first-order valence-electron chi connectivity index (χ1n) is 8.01. The Morgan fingerprint density at radius 1 is 1.19 bits per heavy atom. The zero-order valence-electron chi connectivity index (χ0n) is 12.3. The van der Waals surface area contributed by atoms with Crippen LogP contribution in [0.2, 0.25) is 0 Å². The molecule has 4 saturated carbocycles. The predicted octanol–water partition coefficient (Wildman–Crippen LogP) is 3.74. The number of aromatic nitrogens is 1. The quantitative estimate of drug-likeness (QED) is 0.815. The van der Waals surface area contributed by atoms with Crippen LogP contribution in [0.1, 0.15) is 42.6 Å². The number of rotatable bonds is 2. The second-order valence-corrected chi connectivity index (χ2v) is 8.03. The summed E-state index contributed by atoms with van der Waals surface area (Å²) in [4.78, 5) is 19.1. The van der Waals surface area contributed by atoms with E-state index in [9.17, 15) is 4.79 Å². The summed E-state index contributed by atoms with van der Waals surface area (Å²) in [6.45, 7) is 0. The van der Waals surface area contributed by atoms with Crippen LogP contribution in [0.3, 0.4) is 0 Å². The molecule has 1 aromatic rings. The lowest BCUT2D eigenvalue weighted by Gasteiger charge is -2.56. The van der Waals surface area contributed by atoms with Gasteiger partial charge < -0.3 is 4.90 Å². The molecule has 0 unspecified atom stereocenters. The molecule has 21 heavy (non-hydrogen) atoms. The Bertz CT molecular complexity index is 546. The minimum absolute atomic E-state index is 0.0694. The second-order valence-electron chi connectivity index (χ2n) is 7.17. The first kappa shape index (κ1) is 13.7. The average molecular weight is 349 g/mol. The molecule has 0 saturated heterocycles. The fourth-order valence-corrected chi connectivity index (χ4v) is 5.80. The molecule has 0 aliphatic heterocycles. The fourth-order valence-electron chi connectivity index (χ4n) is 5.37. The maximum absolute atomic E-state index is 12.8. The van der Waals surface area contributed by atoms with Gasteiger partial charge in [0.25, 0.3) is 5.91 Å². The molecule has 4 bridgehead atoms. The topological polar surface area (TPSA) is 33.2 Å². The van der Waals surface area contributed by atoms with E-state index >= 15 is 0 Å². The summed E-state index contributed by atoms with van der Waals surface area (Å²) in [5.74, 6) is 3.39. The molecule has 1 heterocycles. The summed E-state index contributed by atoms with van der Waals surface area (Å²) in [5, 5.41) is 0. The molecule has 4 aliphatic rings. The van der Waals surface area contributed by atoms with E-state index in [0.717, 1.165) is 28.1 Å². The van der Waals surface area contributed by atoms with Crippen molar-refractivity contribution in [2.45, 2.75) is 38.1 Å². The minimum atomic E-state index is 0.0694. The van der Waals surface area contributed by atoms with Crippen LogP contribution in [0.5, 0.6) is 0 Å². The van der Waals surface area contributed by atoms with Crippen LogP contribution in [-0.2, 0) is 0 Å². The number of carbonyl (C=O) groups excluding carboxylic acids is 1. The van der Waals surface area contributed by atoms with Crippen molar-refractivity contribution in [2.24, 2.45) is 23.7 Å². The largest absolute Gasteiger partial charge is 0.337 e. The van der Waals surface area contributed by atoms with E-state index in [1.807, 2.05) is 24.1 Å². The molecule has 4 aliphatic carbocycles. The third kappa shape index (κ3) is 2.23. The fraction of sp³-hybridized carbons (Fsp3) is 0.647. The average Bonchev–Trinajstić information content (AvgIpc) is 2.45. The molecule has 1 amide bonds. The molecule has 0 aromatic carbocycles. The highest BCUT2D eigenvalue weighted by molar-refractivity contribution is 9.10. The van der Waals surface area contributed by atoms with E-state index in [4.69, 9.17) is 0 Å². The van der Waals surface area contributed by atoms with Crippen LogP contribution in [0.15, 0.2) is 22.8 Å². The van der Waals surface area contributed by atoms with Crippen LogP contribution in [0, 0.1) is 23.7 Å². The van der Waals surface area contributed by atoms with Gasteiger partial charge in [-0.15, -0.1) is 0 Å². The zero-order valence-corrected chi connectivity index (χ0v) is 13.9. The van der Waals surface area contributed by atoms with Gasteiger partial charge in [-0.1, -0.05) is 0 Å². The van der Waals surface area contributed by atoms with Gasteiger partial charge in [-0.05, 0) is 83.8 Å². The van der Waals surface area contributed by atoms with E-state index in [2.05, 4.69) is 20.9 Å². The van der Waals surface area contributed by atoms with Crippen LogP contribution in [0.25, 0.3) is 0 Å². The highest BCUT2D eigenvalue weighted by Gasteiger charge is 2.50. The summed E-state index contributed by atoms with van der Waals surface area (Å²) in [6.07, 6.45) is 8.47. The van der Waals surface area contributed by atoms with Gasteiger partial charge in [0.05, 0.1) is 0 Å². The van der Waals surface area contributed by atoms with Gasteiger partial charge in [0, 0.05) is 23.8 Å². The van der Waals surface area contributed by atoms with E-state index < -0.39 is 0 Å². The van der Waals surface area contributed by atoms with Gasteiger partial charge >= 0.3 is 0 Å². The van der Waals surface area contributed by atoms with Gasteiger partial charge in [0.2, 0.25) is 0 Å². The normalized spacial score (nSPS) is 36.8. The molecule has 0 radical (unpaired) electrons. The summed E-state index contributed by atoms with van der Waals surface area (Å²) in [6, 6.07) is 4.17. The Kier molecular flexibility index (Phi) is 3.32. The van der Waals surface area contributed by atoms with Gasteiger partial charge in [-0.2, -0.15) is 0 Å². The number of pyridine rings is 1. The van der Waals surface area contributed by atoms with Crippen molar-refractivity contribution in [1.82, 2.24) is 9.88 Å². The lowest BCUT2D eigenvalue weighted by atomic mass is 9.54. The SMILES string of the molecule is CN(C(=O)c1ncccc1Br)C1C2CC3CC(C2)CC1C3. The molecule has 5 rings (SSSR count). The van der Waals surface area contributed by atoms with E-state index in [0.29, 0.717) is 11.7 Å². The molecule has 4 fully saturated rings. The van der Waals surface area contributed by atoms with Crippen LogP contribution < -0.4 is 0 Å². The molecular formula is C17H21BrN2O. The Labute approximate surface area is 134 Å². The Morgan fingerprint density at radius 2 is 1.81 bits per heavy atom. The lowest BCUT2D eigenvalue weighted by Crippen LogP contribution is -2.56. The van der Waals surface area contributed by atoms with Crippen molar-refractivity contribution >= 4 is 21.8 Å². The Morgan fingerprint density at radius 3 is 2.38 bits per heavy atom. The van der Waals surface area contributed by atoms with Crippen molar-refractivity contribution < 1.29 is 4.79 Å². The zero-order chi connectivity index (χ0) is 14.6. The number of halogens is 1. The van der Waals surface area contributed by atoms with E-state index in [1.54, 1.807) is 6.20 Å². The number of carbonyl (C=O) groups is 1. The van der Waals surface area contributed by atoms with Gasteiger partial charge in [0.1, 0.15) is 5.69 Å². The summed E-state index contributed by atoms with van der Waals surface area (Å²) < 4.78 is 0.797. The molecule has 0 N–H and O–H groups in total. The number of amides is 1. The minimum Gasteiger partial charge on any atom is -0.337 e. The van der Waals surface area contributed by atoms with Gasteiger partial charge in [-0.25, -0.2) is 4.98 Å². The van der Waals surface area contributed by atoms with Crippen LogP contribution in [-0.4, -0.2) is 28.9 Å². The lowest BCUT2D eigenvalue weighted by molar-refractivity contribution is -0.0492. The number of nitrogens with zero attached hydrogens (tertiary/aromatic N) is 2. The van der Waals surface area contributed by atoms with E-state index in [1.165, 1.54) is 32.1 Å². The first-order valence-corrected chi connectivity index (χ1v) is 8.80. The second kappa shape index (κ2) is 5.08. The maximum atomic E-state index is 12.8. The Hall–Kier alpha value is -0.900. The standard InChI is InChI=1S/C17H21BrN2O/c1-20(17(21)15-14(18)3-2-4-19-15)16-12-6-10-5-11(8-12)9-13(16)7-10/h2-4,10-13,16H,5-9H2,1H3. The van der Waals surface area contributed by atoms with Crippen molar-refractivity contribution in [3.63, 3.8) is 0 Å². The predicted molar refractivity (Wildman–Crippen MR) is 84.9 cm³/mol. The van der Waals surface area contributed by atoms with Crippen molar-refractivity contribution in [1.29, 1.82) is 0 Å². The monoisotopic (exact) mass is 348 g/mol. The van der Waals surface area contributed by atoms with Crippen LogP contribution >= 0.6 is 15.9 Å². The van der Waals surface area contributed by atoms with Crippen molar-refractivity contribution in [3.05, 3.63) is 28.5 Å². The number of hydrogen-bond acceptors (Lipinski definition) is 2. The molecule has 3 nitrogen and oxygen atoms in total. The highest BCUT2D eigenvalue weighted by atomic mass is 79.9. The summed E-state index contributed by atoms with van der Waals surface area (Å²) in [7, 11) is 1.98. The molecule has 112 valence electrons. The summed E-state index contributed by atoms with van der Waals surface area (Å²) >= 11 is 3.46. The van der Waals surface area contributed by atoms with Crippen molar-refractivity contribution in [2.75, 3.05) is 7.05 Å². The number of hydrogen-bond donors (Lipinski definition) is 0. The third-order valence-corrected chi connectivity index (χ3v) is 6.55. The molecule has 0 spiro atoms. The smallest absolute Gasteiger partial charge is 0.273 e. The first-order chi connectivity index (χ1) is 10.1. The maximum Gasteiger partial charge on any atom is 0.273 e. The summed E-state index contributed by atoms with van der Waals surface area (Å²) in [5.41, 5.74) is 0.550. The molecule has 1 aromatic heterocycles. The van der Waals surface area contributed by atoms with E-state index in [-0.39, 0.29) is 5.91 Å². The molecule has 0 atom stereocenters. The Balaban J connectivity index is 1.59. The van der Waals surface area contributed by atoms with Gasteiger partial charge in [0.15, 0.2) is 0 Å². The third-order valence-electron chi connectivity index (χ3n) is 5.91. The van der Waals surface area contributed by atoms with Gasteiger partial charge in [-0.3, -0.25) is 4.79 Å². The van der Waals surface area contributed by atoms with Crippen LogP contribution in [0.4, 0.5) is 0 Å². The van der Waals surface area contributed by atoms with Crippen molar-refractivity contribution in [3.8, 4) is 0 Å². The highest BCUT2D eigenvalue weighted by Crippen LogP contribution is 2.55. The molecular weight excluding hydrogens is 328 g/mol. The molecule has 4 heteroatoms.